The summed E-state index contributed by atoms with van der Waals surface area (Å²) in [5.74, 6) is -0.0120. The lowest BCUT2D eigenvalue weighted by Crippen LogP contribution is -2.45. The predicted molar refractivity (Wildman–Crippen MR) is 105 cm³/mol. The monoisotopic (exact) mass is 377 g/mol. The van der Waals surface area contributed by atoms with E-state index in [1.165, 1.54) is 5.56 Å². The molecule has 8 heteroatoms. The lowest BCUT2D eigenvalue weighted by Gasteiger charge is -2.17. The molecule has 1 aromatic rings. The normalized spacial score (nSPS) is 12.1. The molecule has 0 saturated carbocycles. The van der Waals surface area contributed by atoms with E-state index in [1.807, 2.05) is 37.3 Å². The van der Waals surface area contributed by atoms with Crippen LogP contribution >= 0.6 is 24.8 Å². The van der Waals surface area contributed by atoms with Crippen LogP contribution < -0.4 is 22.5 Å². The van der Waals surface area contributed by atoms with Crippen molar-refractivity contribution in [2.75, 3.05) is 6.54 Å². The minimum atomic E-state index is -0.488. The van der Waals surface area contributed by atoms with Crippen molar-refractivity contribution in [3.05, 3.63) is 35.9 Å². The Morgan fingerprint density at radius 3 is 2.38 bits per heavy atom. The van der Waals surface area contributed by atoms with E-state index >= 15 is 0 Å². The summed E-state index contributed by atoms with van der Waals surface area (Å²) in [6, 6.07) is 9.63. The van der Waals surface area contributed by atoms with Crippen molar-refractivity contribution in [3.8, 4) is 0 Å². The summed E-state index contributed by atoms with van der Waals surface area (Å²) >= 11 is 0. The Morgan fingerprint density at radius 1 is 1.17 bits per heavy atom. The fraction of sp³-hybridized carbons (Fsp3) is 0.500. The molecule has 0 saturated heterocycles. The summed E-state index contributed by atoms with van der Waals surface area (Å²) in [6.07, 6.45) is 3.06. The second-order valence-electron chi connectivity index (χ2n) is 5.51. The number of guanidine groups is 1. The summed E-state index contributed by atoms with van der Waals surface area (Å²) in [5, 5.41) is 2.96. The average molecular weight is 378 g/mol. The lowest BCUT2D eigenvalue weighted by atomic mass is 10.1. The van der Waals surface area contributed by atoms with Crippen LogP contribution in [-0.2, 0) is 11.2 Å². The van der Waals surface area contributed by atoms with Crippen LogP contribution in [-0.4, -0.2) is 30.5 Å². The highest BCUT2D eigenvalue weighted by molar-refractivity contribution is 5.85. The molecule has 0 unspecified atom stereocenters. The zero-order valence-electron chi connectivity index (χ0n) is 14.0. The van der Waals surface area contributed by atoms with Crippen LogP contribution in [0.2, 0.25) is 0 Å². The Labute approximate surface area is 156 Å². The van der Waals surface area contributed by atoms with Crippen molar-refractivity contribution < 1.29 is 4.79 Å². The quantitative estimate of drug-likeness (QED) is 0.295. The number of nitrogens with two attached hydrogens (primary N) is 3. The second kappa shape index (κ2) is 13.9. The van der Waals surface area contributed by atoms with Gasteiger partial charge >= 0.3 is 0 Å². The molecule has 0 aromatic heterocycles. The third-order valence-corrected chi connectivity index (χ3v) is 3.33. The molecule has 0 radical (unpaired) electrons. The van der Waals surface area contributed by atoms with E-state index in [2.05, 4.69) is 10.3 Å². The molecular weight excluding hydrogens is 349 g/mol. The van der Waals surface area contributed by atoms with E-state index in [0.717, 1.165) is 19.3 Å². The zero-order chi connectivity index (χ0) is 16.4. The zero-order valence-corrected chi connectivity index (χ0v) is 15.6. The first-order chi connectivity index (χ1) is 10.5. The predicted octanol–water partition coefficient (Wildman–Crippen LogP) is 1.35. The third-order valence-electron chi connectivity index (χ3n) is 3.33. The first-order valence-electron chi connectivity index (χ1n) is 7.64. The van der Waals surface area contributed by atoms with Gasteiger partial charge in [0.1, 0.15) is 0 Å². The number of carbonyl (C=O) groups is 1. The van der Waals surface area contributed by atoms with Crippen molar-refractivity contribution >= 4 is 36.7 Å². The van der Waals surface area contributed by atoms with Gasteiger partial charge in [-0.2, -0.15) is 0 Å². The van der Waals surface area contributed by atoms with Crippen LogP contribution in [0.1, 0.15) is 31.7 Å². The Balaban J connectivity index is 0. The first kappa shape index (κ1) is 24.7. The summed E-state index contributed by atoms with van der Waals surface area (Å²) in [5.41, 5.74) is 17.6. The van der Waals surface area contributed by atoms with Gasteiger partial charge in [-0.3, -0.25) is 9.79 Å². The number of amides is 1. The minimum absolute atomic E-state index is 0. The number of halogens is 2. The van der Waals surface area contributed by atoms with Gasteiger partial charge in [-0.05, 0) is 38.2 Å². The van der Waals surface area contributed by atoms with Gasteiger partial charge in [0.25, 0.3) is 0 Å². The molecular formula is C16H29Cl2N5O. The molecule has 138 valence electrons. The van der Waals surface area contributed by atoms with Gasteiger partial charge < -0.3 is 22.5 Å². The largest absolute Gasteiger partial charge is 0.370 e. The van der Waals surface area contributed by atoms with Crippen LogP contribution in [0.3, 0.4) is 0 Å². The highest BCUT2D eigenvalue weighted by Gasteiger charge is 2.15. The molecule has 24 heavy (non-hydrogen) atoms. The fourth-order valence-corrected chi connectivity index (χ4v) is 2.18. The van der Waals surface area contributed by atoms with E-state index in [1.54, 1.807) is 0 Å². The second-order valence-corrected chi connectivity index (χ2v) is 5.51. The molecule has 0 aliphatic heterocycles. The standard InChI is InChI=1S/C16H27N5O.2ClH/c1-12(11-13-7-3-2-4-8-13)21-15(22)14(17)9-5-6-10-20-16(18)19;;/h2-4,7-8,12,14H,5-6,9-11,17H2,1H3,(H,21,22)(H4,18,19,20);2*1H/t12-,14-;;/m0../s1. The number of unbranched alkanes of at least 4 members (excludes halogenated alkanes) is 1. The van der Waals surface area contributed by atoms with Crippen molar-refractivity contribution in [2.45, 2.75) is 44.7 Å². The van der Waals surface area contributed by atoms with Gasteiger partial charge in [-0.25, -0.2) is 0 Å². The molecule has 0 aliphatic rings. The Kier molecular flexibility index (Phi) is 14.3. The summed E-state index contributed by atoms with van der Waals surface area (Å²) in [6.45, 7) is 2.55. The maximum absolute atomic E-state index is 12.0. The fourth-order valence-electron chi connectivity index (χ4n) is 2.18. The highest BCUT2D eigenvalue weighted by atomic mass is 35.5. The molecule has 0 fully saturated rings. The van der Waals surface area contributed by atoms with E-state index in [4.69, 9.17) is 17.2 Å². The molecule has 0 aliphatic carbocycles. The molecule has 0 bridgehead atoms. The number of rotatable bonds is 9. The van der Waals surface area contributed by atoms with Crippen LogP contribution in [0.15, 0.2) is 35.3 Å². The lowest BCUT2D eigenvalue weighted by molar-refractivity contribution is -0.123. The SMILES string of the molecule is C[C@@H](Cc1ccccc1)NC(=O)[C@@H](N)CCCCN=C(N)N.Cl.Cl. The molecule has 7 N–H and O–H groups in total. The average Bonchev–Trinajstić information content (AvgIpc) is 2.47. The Morgan fingerprint density at radius 2 is 1.79 bits per heavy atom. The number of nitrogens with zero attached hydrogens (tertiary/aromatic N) is 1. The number of benzene rings is 1. The van der Waals surface area contributed by atoms with E-state index in [9.17, 15) is 4.79 Å². The third kappa shape index (κ3) is 11.1. The highest BCUT2D eigenvalue weighted by Crippen LogP contribution is 2.04. The number of nitrogens with one attached hydrogen (secondary N) is 1. The van der Waals surface area contributed by atoms with Crippen LogP contribution in [0.5, 0.6) is 0 Å². The maximum atomic E-state index is 12.0. The molecule has 6 nitrogen and oxygen atoms in total. The van der Waals surface area contributed by atoms with Crippen molar-refractivity contribution in [2.24, 2.45) is 22.2 Å². The first-order valence-corrected chi connectivity index (χ1v) is 7.64. The van der Waals surface area contributed by atoms with Crippen LogP contribution in [0, 0.1) is 0 Å². The summed E-state index contributed by atoms with van der Waals surface area (Å²) in [7, 11) is 0. The molecule has 0 heterocycles. The maximum Gasteiger partial charge on any atom is 0.237 e. The Bertz CT molecular complexity index is 481. The van der Waals surface area contributed by atoms with Gasteiger partial charge in [-0.1, -0.05) is 30.3 Å². The Hall–Kier alpha value is -1.50. The molecule has 1 aromatic carbocycles. The van der Waals surface area contributed by atoms with Gasteiger partial charge in [0, 0.05) is 12.6 Å². The van der Waals surface area contributed by atoms with Crippen LogP contribution in [0.25, 0.3) is 0 Å². The number of hydrogen-bond donors (Lipinski definition) is 4. The minimum Gasteiger partial charge on any atom is -0.370 e. The molecule has 1 rings (SSSR count). The van der Waals surface area contributed by atoms with Crippen LogP contribution in [0.4, 0.5) is 0 Å². The number of carbonyl (C=O) groups excluding carboxylic acids is 1. The van der Waals surface area contributed by atoms with Crippen molar-refractivity contribution in [1.29, 1.82) is 0 Å². The van der Waals surface area contributed by atoms with Crippen molar-refractivity contribution in [3.63, 3.8) is 0 Å². The summed E-state index contributed by atoms with van der Waals surface area (Å²) in [4.78, 5) is 15.9. The molecule has 1 amide bonds. The molecule has 2 atom stereocenters. The van der Waals surface area contributed by atoms with E-state index in [0.29, 0.717) is 13.0 Å². The van der Waals surface area contributed by atoms with Crippen molar-refractivity contribution in [1.82, 2.24) is 5.32 Å². The van der Waals surface area contributed by atoms with Gasteiger partial charge in [-0.15, -0.1) is 24.8 Å². The summed E-state index contributed by atoms with van der Waals surface area (Å²) < 4.78 is 0. The smallest absolute Gasteiger partial charge is 0.237 e. The number of hydrogen-bond acceptors (Lipinski definition) is 3. The number of aliphatic imine (C=N–C) groups is 1. The topological polar surface area (TPSA) is 120 Å². The van der Waals surface area contributed by atoms with Gasteiger partial charge in [0.2, 0.25) is 5.91 Å². The van der Waals surface area contributed by atoms with E-state index in [-0.39, 0.29) is 42.7 Å². The van der Waals surface area contributed by atoms with Gasteiger partial charge in [0.15, 0.2) is 5.96 Å². The molecule has 0 spiro atoms. The van der Waals surface area contributed by atoms with E-state index < -0.39 is 6.04 Å². The van der Waals surface area contributed by atoms with Gasteiger partial charge in [0.05, 0.1) is 6.04 Å².